The number of aryl methyl sites for hydroxylation is 1. The number of rotatable bonds is 4. The molecule has 5 nitrogen and oxygen atoms in total. The lowest BCUT2D eigenvalue weighted by atomic mass is 10.0. The normalized spacial score (nSPS) is 16.7. The highest BCUT2D eigenvalue weighted by molar-refractivity contribution is 5.89. The average molecular weight is 384 g/mol. The van der Waals surface area contributed by atoms with Crippen LogP contribution in [0.1, 0.15) is 37.2 Å². The van der Waals surface area contributed by atoms with E-state index in [-0.39, 0.29) is 11.9 Å². The Kier molecular flexibility index (Phi) is 4.51. The van der Waals surface area contributed by atoms with Crippen LogP contribution in [-0.2, 0) is 17.8 Å². The number of hydrogen-bond acceptors (Lipinski definition) is 3. The molecule has 0 bridgehead atoms. The minimum Gasteiger partial charge on any atom is -0.332 e. The molecule has 1 atom stereocenters. The molecule has 1 aliphatic rings. The maximum atomic E-state index is 13.3. The molecule has 5 rings (SSSR count). The number of fused-ring (bicyclic) bond motifs is 2. The summed E-state index contributed by atoms with van der Waals surface area (Å²) in [5.74, 6) is 1.16. The van der Waals surface area contributed by atoms with E-state index >= 15 is 0 Å². The van der Waals surface area contributed by atoms with Crippen molar-refractivity contribution in [3.63, 3.8) is 0 Å². The van der Waals surface area contributed by atoms with E-state index in [4.69, 9.17) is 4.98 Å². The second-order valence-electron chi connectivity index (χ2n) is 7.64. The second kappa shape index (κ2) is 7.32. The molecular weight excluding hydrogens is 360 g/mol. The fourth-order valence-electron chi connectivity index (χ4n) is 4.60. The molecule has 0 N–H and O–H groups in total. The van der Waals surface area contributed by atoms with Gasteiger partial charge in [-0.15, -0.1) is 0 Å². The topological polar surface area (TPSA) is 51.0 Å². The first-order chi connectivity index (χ1) is 14.3. The Balaban J connectivity index is 1.47. The number of amides is 1. The van der Waals surface area contributed by atoms with Crippen LogP contribution in [0.2, 0.25) is 0 Å². The summed E-state index contributed by atoms with van der Waals surface area (Å²) in [7, 11) is 0. The number of nitrogens with zero attached hydrogens (tertiary/aromatic N) is 4. The van der Waals surface area contributed by atoms with E-state index in [0.717, 1.165) is 59.1 Å². The lowest BCUT2D eigenvalue weighted by molar-refractivity contribution is -0.131. The number of hydrogen-bond donors (Lipinski definition) is 0. The third kappa shape index (κ3) is 3.07. The van der Waals surface area contributed by atoms with Crippen molar-refractivity contribution >= 4 is 27.7 Å². The van der Waals surface area contributed by atoms with Crippen molar-refractivity contribution in [3.8, 4) is 0 Å². The van der Waals surface area contributed by atoms with E-state index in [1.165, 1.54) is 0 Å². The number of benzene rings is 2. The maximum absolute atomic E-state index is 13.3. The zero-order chi connectivity index (χ0) is 19.8. The van der Waals surface area contributed by atoms with Crippen molar-refractivity contribution in [1.82, 2.24) is 19.4 Å². The van der Waals surface area contributed by atoms with Crippen molar-refractivity contribution in [2.75, 3.05) is 6.54 Å². The van der Waals surface area contributed by atoms with Gasteiger partial charge in [-0.3, -0.25) is 9.78 Å². The largest absolute Gasteiger partial charge is 0.332 e. The van der Waals surface area contributed by atoms with Gasteiger partial charge in [0.15, 0.2) is 0 Å². The van der Waals surface area contributed by atoms with Gasteiger partial charge in [-0.2, -0.15) is 0 Å². The van der Waals surface area contributed by atoms with Crippen LogP contribution < -0.4 is 0 Å². The number of carbonyl (C=O) groups excluding carboxylic acids is 1. The average Bonchev–Trinajstić information content (AvgIpc) is 3.38. The van der Waals surface area contributed by atoms with E-state index in [1.54, 1.807) is 0 Å². The zero-order valence-corrected chi connectivity index (χ0v) is 16.6. The molecule has 1 aliphatic heterocycles. The zero-order valence-electron chi connectivity index (χ0n) is 16.6. The first-order valence-electron chi connectivity index (χ1n) is 10.3. The van der Waals surface area contributed by atoms with Gasteiger partial charge in [0.1, 0.15) is 5.82 Å². The molecule has 2 aromatic heterocycles. The molecule has 1 saturated heterocycles. The molecule has 1 amide bonds. The summed E-state index contributed by atoms with van der Waals surface area (Å²) in [4.78, 5) is 24.6. The summed E-state index contributed by atoms with van der Waals surface area (Å²) in [5.41, 5.74) is 3.13. The van der Waals surface area contributed by atoms with Gasteiger partial charge in [0.25, 0.3) is 0 Å². The van der Waals surface area contributed by atoms with Crippen molar-refractivity contribution in [3.05, 3.63) is 72.3 Å². The van der Waals surface area contributed by atoms with Crippen LogP contribution in [0.25, 0.3) is 21.8 Å². The maximum Gasteiger partial charge on any atom is 0.227 e. The van der Waals surface area contributed by atoms with Crippen LogP contribution in [-0.4, -0.2) is 31.9 Å². The minimum absolute atomic E-state index is 0.0396. The Bertz CT molecular complexity index is 1190. The highest BCUT2D eigenvalue weighted by Crippen LogP contribution is 2.34. The standard InChI is InChI=1S/C24H24N4O/c1-2-27-21-11-6-5-10-20(21)26-24(27)22-12-7-13-28(22)23(29)14-18-16-25-15-17-8-3-4-9-19(17)18/h3-6,8-11,15-16,22H,2,7,12-14H2,1H3. The van der Waals surface area contributed by atoms with E-state index in [2.05, 4.69) is 28.6 Å². The number of likely N-dealkylation sites (tertiary alicyclic amines) is 1. The van der Waals surface area contributed by atoms with Crippen LogP contribution in [0.5, 0.6) is 0 Å². The third-order valence-corrected chi connectivity index (χ3v) is 5.96. The smallest absolute Gasteiger partial charge is 0.227 e. The molecular formula is C24H24N4O. The fraction of sp³-hybridized carbons (Fsp3) is 0.292. The number of pyridine rings is 1. The summed E-state index contributed by atoms with van der Waals surface area (Å²) in [5, 5.41) is 2.18. The quantitative estimate of drug-likeness (QED) is 0.520. The molecule has 1 fully saturated rings. The molecule has 146 valence electrons. The lowest BCUT2D eigenvalue weighted by Gasteiger charge is -2.25. The summed E-state index contributed by atoms with van der Waals surface area (Å²) in [6.07, 6.45) is 6.02. The Morgan fingerprint density at radius 1 is 1.10 bits per heavy atom. The molecule has 29 heavy (non-hydrogen) atoms. The molecule has 1 unspecified atom stereocenters. The van der Waals surface area contributed by atoms with Crippen LogP contribution in [0, 0.1) is 0 Å². The molecule has 3 heterocycles. The number of aromatic nitrogens is 3. The predicted molar refractivity (Wildman–Crippen MR) is 115 cm³/mol. The van der Waals surface area contributed by atoms with Gasteiger partial charge in [-0.05, 0) is 42.8 Å². The van der Waals surface area contributed by atoms with Gasteiger partial charge in [0, 0.05) is 30.9 Å². The number of carbonyl (C=O) groups is 1. The van der Waals surface area contributed by atoms with E-state index in [9.17, 15) is 4.79 Å². The minimum atomic E-state index is 0.0396. The first kappa shape index (κ1) is 17.9. The lowest BCUT2D eigenvalue weighted by Crippen LogP contribution is -2.33. The van der Waals surface area contributed by atoms with Gasteiger partial charge < -0.3 is 9.47 Å². The third-order valence-electron chi connectivity index (χ3n) is 5.96. The SMILES string of the molecule is CCn1c(C2CCCN2C(=O)Cc2cncc3ccccc23)nc2ccccc21. The Labute approximate surface area is 170 Å². The van der Waals surface area contributed by atoms with Crippen LogP contribution in [0.4, 0.5) is 0 Å². The number of imidazole rings is 1. The molecule has 2 aromatic carbocycles. The first-order valence-corrected chi connectivity index (χ1v) is 10.3. The highest BCUT2D eigenvalue weighted by Gasteiger charge is 2.33. The van der Waals surface area contributed by atoms with Crippen molar-refractivity contribution in [2.24, 2.45) is 0 Å². The van der Waals surface area contributed by atoms with Gasteiger partial charge in [0.2, 0.25) is 5.91 Å². The Morgan fingerprint density at radius 2 is 1.93 bits per heavy atom. The molecule has 0 spiro atoms. The van der Waals surface area contributed by atoms with Crippen LogP contribution in [0.15, 0.2) is 60.9 Å². The molecule has 0 saturated carbocycles. The Hall–Kier alpha value is -3.21. The van der Waals surface area contributed by atoms with Crippen molar-refractivity contribution in [1.29, 1.82) is 0 Å². The highest BCUT2D eigenvalue weighted by atomic mass is 16.2. The van der Waals surface area contributed by atoms with Crippen LogP contribution >= 0.6 is 0 Å². The van der Waals surface area contributed by atoms with E-state index < -0.39 is 0 Å². The molecule has 0 radical (unpaired) electrons. The predicted octanol–water partition coefficient (Wildman–Crippen LogP) is 4.51. The molecule has 0 aliphatic carbocycles. The molecule has 4 aromatic rings. The summed E-state index contributed by atoms with van der Waals surface area (Å²) >= 11 is 0. The van der Waals surface area contributed by atoms with E-state index in [1.807, 2.05) is 53.7 Å². The van der Waals surface area contributed by atoms with Crippen molar-refractivity contribution < 1.29 is 4.79 Å². The molecule has 5 heteroatoms. The van der Waals surface area contributed by atoms with Gasteiger partial charge >= 0.3 is 0 Å². The fourth-order valence-corrected chi connectivity index (χ4v) is 4.60. The van der Waals surface area contributed by atoms with Gasteiger partial charge in [0.05, 0.1) is 23.5 Å². The van der Waals surface area contributed by atoms with Crippen LogP contribution in [0.3, 0.4) is 0 Å². The summed E-state index contributed by atoms with van der Waals surface area (Å²) in [6, 6.07) is 16.4. The summed E-state index contributed by atoms with van der Waals surface area (Å²) in [6.45, 7) is 3.77. The second-order valence-corrected chi connectivity index (χ2v) is 7.64. The van der Waals surface area contributed by atoms with Gasteiger partial charge in [-0.25, -0.2) is 4.98 Å². The Morgan fingerprint density at radius 3 is 2.83 bits per heavy atom. The monoisotopic (exact) mass is 384 g/mol. The van der Waals surface area contributed by atoms with Gasteiger partial charge in [-0.1, -0.05) is 36.4 Å². The summed E-state index contributed by atoms with van der Waals surface area (Å²) < 4.78 is 2.26. The number of para-hydroxylation sites is 2. The van der Waals surface area contributed by atoms with Crippen molar-refractivity contribution in [2.45, 2.75) is 38.8 Å². The van der Waals surface area contributed by atoms with E-state index in [0.29, 0.717) is 6.42 Å².